The largest absolute Gasteiger partial charge is 0.294 e. The van der Waals surface area contributed by atoms with Crippen LogP contribution < -0.4 is 0 Å². The average molecular weight is 279 g/mol. The molecular weight excluding hydrogens is 265 g/mol. The van der Waals surface area contributed by atoms with Crippen molar-refractivity contribution < 1.29 is 9.18 Å². The van der Waals surface area contributed by atoms with E-state index in [-0.39, 0.29) is 18.0 Å². The summed E-state index contributed by atoms with van der Waals surface area (Å²) >= 11 is 0. The van der Waals surface area contributed by atoms with Crippen LogP contribution in [0.25, 0.3) is 5.57 Å². The summed E-state index contributed by atoms with van der Waals surface area (Å²) in [5.41, 5.74) is 2.93. The van der Waals surface area contributed by atoms with Crippen molar-refractivity contribution in [3.8, 4) is 6.07 Å². The molecule has 0 aromatic heterocycles. The van der Waals surface area contributed by atoms with Crippen LogP contribution in [0.1, 0.15) is 34.8 Å². The molecule has 2 nitrogen and oxygen atoms in total. The van der Waals surface area contributed by atoms with E-state index in [1.165, 1.54) is 12.1 Å². The van der Waals surface area contributed by atoms with Gasteiger partial charge in [-0.15, -0.1) is 0 Å². The van der Waals surface area contributed by atoms with Crippen LogP contribution in [0.5, 0.6) is 0 Å². The smallest absolute Gasteiger partial charge is 0.166 e. The summed E-state index contributed by atoms with van der Waals surface area (Å²) in [5, 5.41) is 8.72. The van der Waals surface area contributed by atoms with Crippen LogP contribution >= 0.6 is 0 Å². The van der Waals surface area contributed by atoms with Gasteiger partial charge in [0.25, 0.3) is 0 Å². The molecule has 2 aromatic rings. The number of carbonyl (C=O) groups is 1. The van der Waals surface area contributed by atoms with Gasteiger partial charge in [0, 0.05) is 12.0 Å². The van der Waals surface area contributed by atoms with Gasteiger partial charge in [0.2, 0.25) is 0 Å². The van der Waals surface area contributed by atoms with Crippen LogP contribution in [0.15, 0.2) is 54.6 Å². The molecule has 0 atom stereocenters. The fraction of sp³-hybridized carbons (Fsp3) is 0.111. The fourth-order valence-electron chi connectivity index (χ4n) is 1.92. The molecule has 0 heterocycles. The maximum Gasteiger partial charge on any atom is 0.166 e. The van der Waals surface area contributed by atoms with E-state index in [1.54, 1.807) is 36.4 Å². The van der Waals surface area contributed by atoms with Gasteiger partial charge >= 0.3 is 0 Å². The molecule has 104 valence electrons. The number of nitrogens with zero attached hydrogens (tertiary/aromatic N) is 1. The third kappa shape index (κ3) is 3.87. The first kappa shape index (κ1) is 14.7. The van der Waals surface area contributed by atoms with E-state index < -0.39 is 0 Å². The monoisotopic (exact) mass is 279 g/mol. The highest BCUT2D eigenvalue weighted by molar-refractivity contribution is 5.97. The number of Topliss-reactive ketones (excluding diaryl/α,β-unsaturated/α-hetero) is 1. The van der Waals surface area contributed by atoms with Crippen molar-refractivity contribution in [2.24, 2.45) is 0 Å². The second kappa shape index (κ2) is 6.62. The van der Waals surface area contributed by atoms with Crippen molar-refractivity contribution >= 4 is 11.4 Å². The first-order valence-corrected chi connectivity index (χ1v) is 6.56. The van der Waals surface area contributed by atoms with Crippen LogP contribution in [-0.2, 0) is 0 Å². The minimum Gasteiger partial charge on any atom is -0.294 e. The Morgan fingerprint density at radius 2 is 1.67 bits per heavy atom. The van der Waals surface area contributed by atoms with Crippen LogP contribution in [0.4, 0.5) is 4.39 Å². The van der Waals surface area contributed by atoms with E-state index in [0.717, 1.165) is 11.1 Å². The summed E-state index contributed by atoms with van der Waals surface area (Å²) < 4.78 is 12.9. The topological polar surface area (TPSA) is 40.9 Å². The standard InChI is InChI=1S/C18H14FNO/c1-13(15-7-9-17(19)10-8-15)2-11-18(21)16-5-3-14(12-20)4-6-16/h2-10H,11H2,1H3/b13-2+. The predicted octanol–water partition coefficient (Wildman–Crippen LogP) is 4.37. The van der Waals surface area contributed by atoms with Crippen molar-refractivity contribution in [2.75, 3.05) is 0 Å². The molecule has 0 saturated heterocycles. The molecule has 0 aliphatic carbocycles. The third-order valence-corrected chi connectivity index (χ3v) is 3.23. The highest BCUT2D eigenvalue weighted by atomic mass is 19.1. The normalized spacial score (nSPS) is 11.0. The summed E-state index contributed by atoms with van der Waals surface area (Å²) in [4.78, 5) is 12.0. The summed E-state index contributed by atoms with van der Waals surface area (Å²) in [5.74, 6) is -0.291. The zero-order valence-corrected chi connectivity index (χ0v) is 11.6. The number of allylic oxidation sites excluding steroid dienone is 2. The Balaban J connectivity index is 2.07. The summed E-state index contributed by atoms with van der Waals surface area (Å²) in [6, 6.07) is 14.8. The molecule has 21 heavy (non-hydrogen) atoms. The van der Waals surface area contributed by atoms with Crippen LogP contribution in [0.3, 0.4) is 0 Å². The van der Waals surface area contributed by atoms with Crippen molar-refractivity contribution in [3.05, 3.63) is 77.1 Å². The summed E-state index contributed by atoms with van der Waals surface area (Å²) in [6.45, 7) is 1.89. The van der Waals surface area contributed by atoms with Crippen molar-refractivity contribution in [1.29, 1.82) is 5.26 Å². The molecule has 0 aliphatic heterocycles. The lowest BCUT2D eigenvalue weighted by Crippen LogP contribution is -1.97. The lowest BCUT2D eigenvalue weighted by Gasteiger charge is -2.02. The van der Waals surface area contributed by atoms with Gasteiger partial charge in [0.1, 0.15) is 5.82 Å². The maximum absolute atomic E-state index is 12.9. The zero-order valence-electron chi connectivity index (χ0n) is 11.6. The number of ketones is 1. The first-order chi connectivity index (χ1) is 10.1. The zero-order chi connectivity index (χ0) is 15.2. The summed E-state index contributed by atoms with van der Waals surface area (Å²) in [6.07, 6.45) is 2.10. The van der Waals surface area contributed by atoms with Crippen LogP contribution in [0.2, 0.25) is 0 Å². The second-order valence-electron chi connectivity index (χ2n) is 4.71. The molecule has 0 N–H and O–H groups in total. The van der Waals surface area contributed by atoms with Crippen LogP contribution in [0, 0.1) is 17.1 Å². The van der Waals surface area contributed by atoms with Gasteiger partial charge in [0.15, 0.2) is 5.78 Å². The quantitative estimate of drug-likeness (QED) is 0.779. The highest BCUT2D eigenvalue weighted by Gasteiger charge is 2.05. The number of carbonyl (C=O) groups excluding carboxylic acids is 1. The van der Waals surface area contributed by atoms with Gasteiger partial charge < -0.3 is 0 Å². The van der Waals surface area contributed by atoms with Crippen molar-refractivity contribution in [2.45, 2.75) is 13.3 Å². The number of hydrogen-bond donors (Lipinski definition) is 0. The minimum atomic E-state index is -0.278. The SMILES string of the molecule is C/C(=C\CC(=O)c1ccc(C#N)cc1)c1ccc(F)cc1. The van der Waals surface area contributed by atoms with Gasteiger partial charge in [0.05, 0.1) is 11.6 Å². The molecule has 0 aliphatic rings. The summed E-state index contributed by atoms with van der Waals surface area (Å²) in [7, 11) is 0. The van der Waals surface area contributed by atoms with E-state index in [0.29, 0.717) is 11.1 Å². The molecule has 0 amide bonds. The van der Waals surface area contributed by atoms with Gasteiger partial charge in [-0.3, -0.25) is 4.79 Å². The minimum absolute atomic E-state index is 0.0130. The molecule has 2 rings (SSSR count). The number of hydrogen-bond acceptors (Lipinski definition) is 2. The molecule has 3 heteroatoms. The molecule has 0 fully saturated rings. The number of benzene rings is 2. The van der Waals surface area contributed by atoms with E-state index in [9.17, 15) is 9.18 Å². The molecule has 0 radical (unpaired) electrons. The van der Waals surface area contributed by atoms with Gasteiger partial charge in [-0.25, -0.2) is 4.39 Å². The van der Waals surface area contributed by atoms with Gasteiger partial charge in [-0.1, -0.05) is 30.3 Å². The van der Waals surface area contributed by atoms with E-state index in [1.807, 2.05) is 19.1 Å². The highest BCUT2D eigenvalue weighted by Crippen LogP contribution is 2.16. The van der Waals surface area contributed by atoms with Crippen LogP contribution in [-0.4, -0.2) is 5.78 Å². The van der Waals surface area contributed by atoms with Crippen molar-refractivity contribution in [3.63, 3.8) is 0 Å². The molecule has 0 saturated carbocycles. The predicted molar refractivity (Wildman–Crippen MR) is 80.2 cm³/mol. The molecular formula is C18H14FNO. The number of halogens is 1. The Morgan fingerprint density at radius 3 is 2.24 bits per heavy atom. The fourth-order valence-corrected chi connectivity index (χ4v) is 1.92. The Bertz CT molecular complexity index is 706. The Kier molecular flexibility index (Phi) is 4.63. The Hall–Kier alpha value is -2.73. The molecule has 2 aromatic carbocycles. The van der Waals surface area contributed by atoms with Gasteiger partial charge in [-0.05, 0) is 42.3 Å². The molecule has 0 spiro atoms. The average Bonchev–Trinajstić information content (AvgIpc) is 2.53. The third-order valence-electron chi connectivity index (χ3n) is 3.23. The first-order valence-electron chi connectivity index (χ1n) is 6.56. The number of rotatable bonds is 4. The Morgan fingerprint density at radius 1 is 1.10 bits per heavy atom. The maximum atomic E-state index is 12.9. The lowest BCUT2D eigenvalue weighted by atomic mass is 10.0. The molecule has 0 unspecified atom stereocenters. The lowest BCUT2D eigenvalue weighted by molar-refractivity contribution is 0.0996. The molecule has 0 bridgehead atoms. The van der Waals surface area contributed by atoms with E-state index >= 15 is 0 Å². The number of nitriles is 1. The van der Waals surface area contributed by atoms with Gasteiger partial charge in [-0.2, -0.15) is 5.26 Å². The van der Waals surface area contributed by atoms with Crippen molar-refractivity contribution in [1.82, 2.24) is 0 Å². The second-order valence-corrected chi connectivity index (χ2v) is 4.71. The van der Waals surface area contributed by atoms with E-state index in [2.05, 4.69) is 0 Å². The van der Waals surface area contributed by atoms with E-state index in [4.69, 9.17) is 5.26 Å². The Labute approximate surface area is 123 Å².